The van der Waals surface area contributed by atoms with Gasteiger partial charge in [-0.1, -0.05) is 55.2 Å². The van der Waals surface area contributed by atoms with Gasteiger partial charge in [-0.05, 0) is 12.5 Å². The molecule has 1 N–H and O–H groups in total. The van der Waals surface area contributed by atoms with Crippen LogP contribution in [0.3, 0.4) is 0 Å². The molecule has 0 saturated heterocycles. The van der Waals surface area contributed by atoms with Gasteiger partial charge in [0, 0.05) is 13.6 Å². The average Bonchev–Trinajstić information content (AvgIpc) is 2.38. The molecule has 1 atom stereocenters. The van der Waals surface area contributed by atoms with E-state index in [1.54, 1.807) is 6.08 Å². The van der Waals surface area contributed by atoms with Gasteiger partial charge in [0.2, 0.25) is 0 Å². The molecule has 1 aliphatic rings. The molecule has 0 heterocycles. The molecule has 2 nitrogen and oxygen atoms in total. The second kappa shape index (κ2) is 8.48. The number of nitrogens with zero attached hydrogens (tertiary/aromatic N) is 1. The summed E-state index contributed by atoms with van der Waals surface area (Å²) in [5, 5.41) is 3.41. The quantitative estimate of drug-likeness (QED) is 0.548. The Bertz CT molecular complexity index is 370. The van der Waals surface area contributed by atoms with Crippen molar-refractivity contribution < 1.29 is 0 Å². The van der Waals surface area contributed by atoms with Crippen LogP contribution in [0.25, 0.3) is 0 Å². The lowest BCUT2D eigenvalue weighted by molar-refractivity contribution is 0.762. The smallest absolute Gasteiger partial charge is 0.0682 e. The summed E-state index contributed by atoms with van der Waals surface area (Å²) in [6, 6.07) is 0.235. The summed E-state index contributed by atoms with van der Waals surface area (Å²) in [5.41, 5.74) is 1.08. The minimum atomic E-state index is 0.235. The van der Waals surface area contributed by atoms with Crippen molar-refractivity contribution in [2.45, 2.75) is 12.5 Å². The number of aliphatic imine (C=N–C) groups is 1. The summed E-state index contributed by atoms with van der Waals surface area (Å²) in [4.78, 5) is 4.24. The fourth-order valence-corrected chi connectivity index (χ4v) is 1.55. The normalized spacial score (nSPS) is 21.9. The summed E-state index contributed by atoms with van der Waals surface area (Å²) in [6.07, 6.45) is 19.2. The van der Waals surface area contributed by atoms with Crippen LogP contribution >= 0.6 is 0 Å². The van der Waals surface area contributed by atoms with Crippen LogP contribution in [0.15, 0.2) is 66.3 Å². The van der Waals surface area contributed by atoms with Gasteiger partial charge < -0.3 is 5.32 Å². The number of allylic oxidation sites excluding steroid dienone is 6. The van der Waals surface area contributed by atoms with Crippen LogP contribution in [-0.2, 0) is 0 Å². The molecule has 0 aliphatic heterocycles. The van der Waals surface area contributed by atoms with Crippen LogP contribution in [0.4, 0.5) is 0 Å². The molecule has 1 unspecified atom stereocenters. The van der Waals surface area contributed by atoms with Crippen LogP contribution in [-0.4, -0.2) is 25.3 Å². The molecule has 0 fully saturated rings. The number of hydrogen-bond acceptors (Lipinski definition) is 2. The second-order valence-electron chi connectivity index (χ2n) is 3.65. The minimum Gasteiger partial charge on any atom is -0.302 e. The first-order chi connectivity index (χ1) is 8.38. The lowest BCUT2D eigenvalue weighted by Crippen LogP contribution is -2.35. The highest BCUT2D eigenvalue weighted by Gasteiger charge is 2.09. The molecule has 2 heteroatoms. The second-order valence-corrected chi connectivity index (χ2v) is 3.65. The van der Waals surface area contributed by atoms with Gasteiger partial charge in [0.05, 0.1) is 11.8 Å². The van der Waals surface area contributed by atoms with Crippen molar-refractivity contribution >= 4 is 5.71 Å². The Kier molecular flexibility index (Phi) is 6.68. The standard InChI is InChI=1S/C15H20N2/c1-3-4-5-6-7-10-13-17-15-12-9-8-11-14(15)16-2/h3-5,7-12,15,17H,1,6,13H2,2H3/b5-4-,10-7-,16-14?. The zero-order chi connectivity index (χ0) is 12.3. The molecule has 0 spiro atoms. The summed E-state index contributed by atoms with van der Waals surface area (Å²) in [6.45, 7) is 4.47. The van der Waals surface area contributed by atoms with E-state index >= 15 is 0 Å². The molecule has 0 amide bonds. The fourth-order valence-electron chi connectivity index (χ4n) is 1.55. The van der Waals surface area contributed by atoms with Crippen LogP contribution in [0.1, 0.15) is 6.42 Å². The molecular weight excluding hydrogens is 208 g/mol. The predicted molar refractivity (Wildman–Crippen MR) is 76.5 cm³/mol. The van der Waals surface area contributed by atoms with E-state index in [0.717, 1.165) is 18.7 Å². The molecule has 0 saturated carbocycles. The Morgan fingerprint density at radius 1 is 1.35 bits per heavy atom. The monoisotopic (exact) mass is 228 g/mol. The third-order valence-corrected chi connectivity index (χ3v) is 2.43. The first-order valence-electron chi connectivity index (χ1n) is 5.86. The van der Waals surface area contributed by atoms with Crippen LogP contribution in [0.5, 0.6) is 0 Å². The Morgan fingerprint density at radius 3 is 3.00 bits per heavy atom. The van der Waals surface area contributed by atoms with Gasteiger partial charge in [-0.2, -0.15) is 0 Å². The third kappa shape index (κ3) is 5.27. The molecule has 0 radical (unpaired) electrons. The first-order valence-corrected chi connectivity index (χ1v) is 5.86. The molecule has 1 aliphatic carbocycles. The molecule has 0 aromatic carbocycles. The van der Waals surface area contributed by atoms with Gasteiger partial charge in [0.1, 0.15) is 0 Å². The largest absolute Gasteiger partial charge is 0.302 e. The first kappa shape index (κ1) is 13.4. The van der Waals surface area contributed by atoms with Crippen LogP contribution in [0.2, 0.25) is 0 Å². The Labute approximate surface area is 104 Å². The summed E-state index contributed by atoms with van der Waals surface area (Å²) in [7, 11) is 1.82. The maximum Gasteiger partial charge on any atom is 0.0682 e. The van der Waals surface area contributed by atoms with E-state index in [2.05, 4.69) is 41.2 Å². The maximum absolute atomic E-state index is 4.24. The number of hydrogen-bond donors (Lipinski definition) is 1. The number of rotatable bonds is 6. The Hall–Kier alpha value is -1.67. The highest BCUT2D eigenvalue weighted by atomic mass is 14.9. The van der Waals surface area contributed by atoms with E-state index in [0.29, 0.717) is 0 Å². The van der Waals surface area contributed by atoms with Crippen molar-refractivity contribution in [2.75, 3.05) is 13.6 Å². The lowest BCUT2D eigenvalue weighted by Gasteiger charge is -2.15. The number of nitrogens with one attached hydrogen (secondary N) is 1. The van der Waals surface area contributed by atoms with Gasteiger partial charge in [0.15, 0.2) is 0 Å². The SMILES string of the molecule is C=C/C=C\C/C=C\CNC1C=CC=CC1=NC. The summed E-state index contributed by atoms with van der Waals surface area (Å²) in [5.74, 6) is 0. The Balaban J connectivity index is 2.26. The van der Waals surface area contributed by atoms with Crippen molar-refractivity contribution in [1.82, 2.24) is 5.32 Å². The zero-order valence-electron chi connectivity index (χ0n) is 10.3. The molecule has 1 rings (SSSR count). The topological polar surface area (TPSA) is 24.4 Å². The van der Waals surface area contributed by atoms with E-state index in [1.165, 1.54) is 0 Å². The van der Waals surface area contributed by atoms with E-state index in [1.807, 2.05) is 31.4 Å². The molecule has 0 bridgehead atoms. The minimum absolute atomic E-state index is 0.235. The van der Waals surface area contributed by atoms with Gasteiger partial charge in [0.25, 0.3) is 0 Å². The lowest BCUT2D eigenvalue weighted by atomic mass is 10.1. The highest BCUT2D eigenvalue weighted by molar-refractivity contribution is 6.01. The molecule has 17 heavy (non-hydrogen) atoms. The van der Waals surface area contributed by atoms with E-state index in [4.69, 9.17) is 0 Å². The maximum atomic E-state index is 4.24. The van der Waals surface area contributed by atoms with E-state index in [9.17, 15) is 0 Å². The third-order valence-electron chi connectivity index (χ3n) is 2.43. The average molecular weight is 228 g/mol. The predicted octanol–water partition coefficient (Wildman–Crippen LogP) is 2.83. The molecular formula is C15H20N2. The molecule has 90 valence electrons. The Morgan fingerprint density at radius 2 is 2.24 bits per heavy atom. The van der Waals surface area contributed by atoms with Crippen LogP contribution < -0.4 is 5.32 Å². The van der Waals surface area contributed by atoms with Crippen molar-refractivity contribution in [3.05, 3.63) is 61.3 Å². The van der Waals surface area contributed by atoms with Crippen molar-refractivity contribution in [3.63, 3.8) is 0 Å². The van der Waals surface area contributed by atoms with Gasteiger partial charge in [-0.3, -0.25) is 4.99 Å². The molecule has 0 aromatic heterocycles. The summed E-state index contributed by atoms with van der Waals surface area (Å²) < 4.78 is 0. The zero-order valence-corrected chi connectivity index (χ0v) is 10.3. The molecule has 0 aromatic rings. The van der Waals surface area contributed by atoms with E-state index in [-0.39, 0.29) is 6.04 Å². The summed E-state index contributed by atoms with van der Waals surface area (Å²) >= 11 is 0. The van der Waals surface area contributed by atoms with Gasteiger partial charge in [-0.25, -0.2) is 0 Å². The fraction of sp³-hybridized carbons (Fsp3) is 0.267. The van der Waals surface area contributed by atoms with Crippen molar-refractivity contribution in [3.8, 4) is 0 Å². The highest BCUT2D eigenvalue weighted by Crippen LogP contribution is 2.00. The van der Waals surface area contributed by atoms with Crippen molar-refractivity contribution in [1.29, 1.82) is 0 Å². The van der Waals surface area contributed by atoms with Crippen LogP contribution in [0, 0.1) is 0 Å². The van der Waals surface area contributed by atoms with Gasteiger partial charge >= 0.3 is 0 Å². The van der Waals surface area contributed by atoms with Gasteiger partial charge in [-0.15, -0.1) is 0 Å². The van der Waals surface area contributed by atoms with Crippen molar-refractivity contribution in [2.24, 2.45) is 4.99 Å². The van der Waals surface area contributed by atoms with E-state index < -0.39 is 0 Å².